The number of amides is 2. The number of likely N-dealkylation sites (tertiary alicyclic amines) is 1. The van der Waals surface area contributed by atoms with Crippen LogP contribution in [0.2, 0.25) is 0 Å². The maximum atomic E-state index is 12.2. The first-order valence-electron chi connectivity index (χ1n) is 6.30. The van der Waals surface area contributed by atoms with Crippen molar-refractivity contribution in [2.45, 2.75) is 32.2 Å². The smallest absolute Gasteiger partial charge is 0.245 e. The Kier molecular flexibility index (Phi) is 5.41. The summed E-state index contributed by atoms with van der Waals surface area (Å²) in [7, 11) is 3.66. The van der Waals surface area contributed by atoms with Crippen molar-refractivity contribution in [3.05, 3.63) is 0 Å². The maximum absolute atomic E-state index is 12.2. The van der Waals surface area contributed by atoms with Gasteiger partial charge in [0, 0.05) is 33.1 Å². The van der Waals surface area contributed by atoms with E-state index in [0.717, 1.165) is 19.5 Å². The molecule has 1 aliphatic rings. The maximum Gasteiger partial charge on any atom is 0.245 e. The fraction of sp³-hybridized carbons (Fsp3) is 0.833. The largest absolute Gasteiger partial charge is 0.343 e. The van der Waals surface area contributed by atoms with Gasteiger partial charge < -0.3 is 15.1 Å². The number of nitrogens with one attached hydrogen (secondary N) is 1. The average Bonchev–Trinajstić information content (AvgIpc) is 2.73. The average molecular weight is 241 g/mol. The number of carbonyl (C=O) groups is 2. The summed E-state index contributed by atoms with van der Waals surface area (Å²) in [5.74, 6) is 0.171. The highest BCUT2D eigenvalue weighted by molar-refractivity contribution is 5.88. The Labute approximate surface area is 103 Å². The number of carbonyl (C=O) groups excluding carboxylic acids is 2. The minimum Gasteiger partial charge on any atom is -0.343 e. The lowest BCUT2D eigenvalue weighted by Crippen LogP contribution is -2.48. The molecule has 0 aromatic carbocycles. The number of rotatable bonds is 6. The van der Waals surface area contributed by atoms with Crippen LogP contribution in [0.25, 0.3) is 0 Å². The number of hydrogen-bond donors (Lipinski definition) is 1. The van der Waals surface area contributed by atoms with Gasteiger partial charge in [0.25, 0.3) is 0 Å². The summed E-state index contributed by atoms with van der Waals surface area (Å²) in [6.07, 6.45) is 2.15. The van der Waals surface area contributed by atoms with Gasteiger partial charge in [0.2, 0.25) is 11.8 Å². The lowest BCUT2D eigenvalue weighted by Gasteiger charge is -2.29. The molecule has 1 saturated heterocycles. The van der Waals surface area contributed by atoms with Crippen LogP contribution < -0.4 is 5.32 Å². The third-order valence-electron chi connectivity index (χ3n) is 3.23. The van der Waals surface area contributed by atoms with E-state index in [2.05, 4.69) is 5.32 Å². The zero-order valence-corrected chi connectivity index (χ0v) is 11.0. The van der Waals surface area contributed by atoms with E-state index in [4.69, 9.17) is 0 Å². The fourth-order valence-corrected chi connectivity index (χ4v) is 2.17. The fourth-order valence-electron chi connectivity index (χ4n) is 2.17. The molecule has 2 amide bonds. The Morgan fingerprint density at radius 3 is 2.76 bits per heavy atom. The van der Waals surface area contributed by atoms with E-state index in [9.17, 15) is 9.59 Å². The molecule has 0 saturated carbocycles. The number of hydrogen-bond acceptors (Lipinski definition) is 3. The summed E-state index contributed by atoms with van der Waals surface area (Å²) in [5, 5.41) is 3.01. The van der Waals surface area contributed by atoms with E-state index in [1.54, 1.807) is 16.8 Å². The topological polar surface area (TPSA) is 52.7 Å². The minimum absolute atomic E-state index is 0.0537. The third-order valence-corrected chi connectivity index (χ3v) is 3.23. The highest BCUT2D eigenvalue weighted by Gasteiger charge is 2.32. The highest BCUT2D eigenvalue weighted by atomic mass is 16.2. The second-order valence-electron chi connectivity index (χ2n) is 4.48. The molecule has 5 nitrogen and oxygen atoms in total. The quantitative estimate of drug-likeness (QED) is 0.716. The molecular weight excluding hydrogens is 218 g/mol. The molecule has 17 heavy (non-hydrogen) atoms. The summed E-state index contributed by atoms with van der Waals surface area (Å²) in [5.41, 5.74) is 0. The first-order valence-corrected chi connectivity index (χ1v) is 6.30. The Hall–Kier alpha value is -1.10. The Bertz CT molecular complexity index is 281. The monoisotopic (exact) mass is 241 g/mol. The van der Waals surface area contributed by atoms with E-state index in [-0.39, 0.29) is 17.9 Å². The molecule has 1 atom stereocenters. The van der Waals surface area contributed by atoms with Crippen LogP contribution in [0.3, 0.4) is 0 Å². The van der Waals surface area contributed by atoms with Gasteiger partial charge in [-0.3, -0.25) is 9.59 Å². The molecule has 1 aliphatic heterocycles. The summed E-state index contributed by atoms with van der Waals surface area (Å²) in [4.78, 5) is 27.3. The summed E-state index contributed by atoms with van der Waals surface area (Å²) < 4.78 is 0. The predicted molar refractivity (Wildman–Crippen MR) is 66.6 cm³/mol. The van der Waals surface area contributed by atoms with Crippen LogP contribution in [0.1, 0.15) is 26.2 Å². The van der Waals surface area contributed by atoms with Gasteiger partial charge in [-0.1, -0.05) is 6.92 Å². The van der Waals surface area contributed by atoms with Crippen molar-refractivity contribution in [3.8, 4) is 0 Å². The molecule has 5 heteroatoms. The van der Waals surface area contributed by atoms with Gasteiger partial charge in [0.15, 0.2) is 0 Å². The molecule has 0 aromatic heterocycles. The third kappa shape index (κ3) is 3.43. The van der Waals surface area contributed by atoms with Gasteiger partial charge >= 0.3 is 0 Å². The van der Waals surface area contributed by atoms with E-state index in [0.29, 0.717) is 19.4 Å². The first-order chi connectivity index (χ1) is 8.11. The van der Waals surface area contributed by atoms with Crippen molar-refractivity contribution in [1.29, 1.82) is 0 Å². The molecule has 98 valence electrons. The van der Waals surface area contributed by atoms with E-state index >= 15 is 0 Å². The van der Waals surface area contributed by atoms with Crippen molar-refractivity contribution in [2.75, 3.05) is 33.7 Å². The van der Waals surface area contributed by atoms with Gasteiger partial charge in [-0.15, -0.1) is 0 Å². The zero-order chi connectivity index (χ0) is 12.8. The van der Waals surface area contributed by atoms with Gasteiger partial charge in [-0.05, 0) is 19.9 Å². The molecule has 1 heterocycles. The van der Waals surface area contributed by atoms with Gasteiger partial charge in [-0.2, -0.15) is 0 Å². The van der Waals surface area contributed by atoms with Gasteiger partial charge in [-0.25, -0.2) is 0 Å². The van der Waals surface area contributed by atoms with E-state index in [1.807, 2.05) is 14.0 Å². The van der Waals surface area contributed by atoms with Gasteiger partial charge in [0.1, 0.15) is 6.04 Å². The summed E-state index contributed by atoms with van der Waals surface area (Å²) in [6, 6.07) is -0.271. The highest BCUT2D eigenvalue weighted by Crippen LogP contribution is 2.17. The summed E-state index contributed by atoms with van der Waals surface area (Å²) >= 11 is 0. The lowest BCUT2D eigenvalue weighted by molar-refractivity contribution is -0.142. The van der Waals surface area contributed by atoms with Crippen molar-refractivity contribution in [2.24, 2.45) is 0 Å². The van der Waals surface area contributed by atoms with Crippen LogP contribution in [0.4, 0.5) is 0 Å². The SMILES string of the molecule is CCC(C(=O)N(C)CCNC)N1CCCC1=O. The standard InChI is InChI=1S/C12H23N3O2/c1-4-10(15-8-5-6-11(15)16)12(17)14(3)9-7-13-2/h10,13H,4-9H2,1-3H3. The molecule has 1 rings (SSSR count). The van der Waals surface area contributed by atoms with E-state index < -0.39 is 0 Å². The zero-order valence-electron chi connectivity index (χ0n) is 11.0. The normalized spacial score (nSPS) is 17.4. The van der Waals surface area contributed by atoms with Crippen molar-refractivity contribution in [3.63, 3.8) is 0 Å². The van der Waals surface area contributed by atoms with Crippen LogP contribution in [0, 0.1) is 0 Å². The van der Waals surface area contributed by atoms with Crippen LogP contribution in [-0.4, -0.2) is 61.4 Å². The Morgan fingerprint density at radius 1 is 1.59 bits per heavy atom. The molecular formula is C12H23N3O2. The van der Waals surface area contributed by atoms with Gasteiger partial charge in [0.05, 0.1) is 0 Å². The second-order valence-corrected chi connectivity index (χ2v) is 4.48. The summed E-state index contributed by atoms with van der Waals surface area (Å²) in [6.45, 7) is 4.13. The molecule has 0 radical (unpaired) electrons. The molecule has 1 fully saturated rings. The number of likely N-dealkylation sites (N-methyl/N-ethyl adjacent to an activating group) is 2. The number of nitrogens with zero attached hydrogens (tertiary/aromatic N) is 2. The molecule has 0 aromatic rings. The lowest BCUT2D eigenvalue weighted by atomic mass is 10.1. The molecule has 1 unspecified atom stereocenters. The second kappa shape index (κ2) is 6.59. The Balaban J connectivity index is 2.60. The van der Waals surface area contributed by atoms with Crippen LogP contribution in [0.15, 0.2) is 0 Å². The predicted octanol–water partition coefficient (Wildman–Crippen LogP) is 0.0652. The molecule has 0 bridgehead atoms. The van der Waals surface area contributed by atoms with Crippen molar-refractivity contribution in [1.82, 2.24) is 15.1 Å². The Morgan fingerprint density at radius 2 is 2.29 bits per heavy atom. The molecule has 0 aliphatic carbocycles. The van der Waals surface area contributed by atoms with E-state index in [1.165, 1.54) is 0 Å². The van der Waals surface area contributed by atoms with Crippen LogP contribution in [0.5, 0.6) is 0 Å². The van der Waals surface area contributed by atoms with Crippen LogP contribution in [-0.2, 0) is 9.59 Å². The van der Waals surface area contributed by atoms with Crippen LogP contribution >= 0.6 is 0 Å². The first kappa shape index (κ1) is 14.0. The minimum atomic E-state index is -0.271. The molecule has 0 spiro atoms. The molecule has 1 N–H and O–H groups in total. The van der Waals surface area contributed by atoms with Crippen molar-refractivity contribution >= 4 is 11.8 Å². The van der Waals surface area contributed by atoms with Crippen molar-refractivity contribution < 1.29 is 9.59 Å².